The van der Waals surface area contributed by atoms with Gasteiger partial charge in [0.1, 0.15) is 11.8 Å². The summed E-state index contributed by atoms with van der Waals surface area (Å²) in [4.78, 5) is 13.5. The maximum Gasteiger partial charge on any atom is 0.195 e. The van der Waals surface area contributed by atoms with E-state index in [4.69, 9.17) is 4.42 Å². The van der Waals surface area contributed by atoms with Gasteiger partial charge in [0.2, 0.25) is 0 Å². The fourth-order valence-corrected chi connectivity index (χ4v) is 3.63. The number of pyridine rings is 2. The predicted molar refractivity (Wildman–Crippen MR) is 106 cm³/mol. The average molecular weight is 366 g/mol. The van der Waals surface area contributed by atoms with Crippen LogP contribution in [-0.2, 0) is 6.42 Å². The third-order valence-corrected chi connectivity index (χ3v) is 5.40. The SMILES string of the molecule is N#Cc1ccc(-c2cnc(CC3CCC3)o2)c(-c2ccc3cccnc3c2)n1. The summed E-state index contributed by atoms with van der Waals surface area (Å²) in [6.45, 7) is 0. The maximum absolute atomic E-state index is 9.32. The van der Waals surface area contributed by atoms with Crippen molar-refractivity contribution in [2.45, 2.75) is 25.7 Å². The molecule has 5 rings (SSSR count). The van der Waals surface area contributed by atoms with Crippen LogP contribution in [0, 0.1) is 17.2 Å². The van der Waals surface area contributed by atoms with Crippen molar-refractivity contribution < 1.29 is 4.42 Å². The summed E-state index contributed by atoms with van der Waals surface area (Å²) in [7, 11) is 0. The molecule has 0 bridgehead atoms. The molecule has 3 heterocycles. The zero-order valence-corrected chi connectivity index (χ0v) is 15.3. The zero-order chi connectivity index (χ0) is 18.9. The van der Waals surface area contributed by atoms with E-state index in [1.807, 2.05) is 36.4 Å². The van der Waals surface area contributed by atoms with Gasteiger partial charge in [-0.15, -0.1) is 0 Å². The Hall–Kier alpha value is -3.52. The van der Waals surface area contributed by atoms with Crippen LogP contribution in [0.5, 0.6) is 0 Å². The molecule has 3 aromatic heterocycles. The van der Waals surface area contributed by atoms with Gasteiger partial charge in [0.15, 0.2) is 11.7 Å². The Balaban J connectivity index is 1.59. The highest BCUT2D eigenvalue weighted by Crippen LogP contribution is 2.34. The Kier molecular flexibility index (Phi) is 4.10. The van der Waals surface area contributed by atoms with Gasteiger partial charge in [-0.05, 0) is 43.0 Å². The van der Waals surface area contributed by atoms with Gasteiger partial charge in [0.05, 0.1) is 17.4 Å². The average Bonchev–Trinajstić information content (AvgIpc) is 3.18. The van der Waals surface area contributed by atoms with Crippen LogP contribution < -0.4 is 0 Å². The number of benzene rings is 1. The third kappa shape index (κ3) is 3.03. The molecule has 1 aromatic carbocycles. The number of aromatic nitrogens is 3. The van der Waals surface area contributed by atoms with Gasteiger partial charge in [-0.1, -0.05) is 24.6 Å². The van der Waals surface area contributed by atoms with Crippen LogP contribution >= 0.6 is 0 Å². The van der Waals surface area contributed by atoms with Crippen LogP contribution in [0.1, 0.15) is 30.8 Å². The summed E-state index contributed by atoms with van der Waals surface area (Å²) >= 11 is 0. The molecule has 5 nitrogen and oxygen atoms in total. The molecule has 0 aliphatic heterocycles. The molecule has 1 fully saturated rings. The van der Waals surface area contributed by atoms with Crippen molar-refractivity contribution in [3.05, 3.63) is 66.4 Å². The lowest BCUT2D eigenvalue weighted by atomic mass is 9.83. The van der Waals surface area contributed by atoms with E-state index in [1.165, 1.54) is 19.3 Å². The van der Waals surface area contributed by atoms with Gasteiger partial charge >= 0.3 is 0 Å². The Bertz CT molecular complexity index is 1200. The molecule has 136 valence electrons. The van der Waals surface area contributed by atoms with E-state index in [1.54, 1.807) is 18.5 Å². The Morgan fingerprint density at radius 3 is 2.86 bits per heavy atom. The fraction of sp³-hybridized carbons (Fsp3) is 0.217. The van der Waals surface area contributed by atoms with Crippen LogP contribution in [0.4, 0.5) is 0 Å². The molecule has 0 N–H and O–H groups in total. The van der Waals surface area contributed by atoms with Gasteiger partial charge in [0.25, 0.3) is 0 Å². The van der Waals surface area contributed by atoms with Gasteiger partial charge in [0, 0.05) is 29.1 Å². The van der Waals surface area contributed by atoms with Crippen molar-refractivity contribution in [1.82, 2.24) is 15.0 Å². The first-order valence-electron chi connectivity index (χ1n) is 9.51. The van der Waals surface area contributed by atoms with Gasteiger partial charge in [-0.2, -0.15) is 5.26 Å². The van der Waals surface area contributed by atoms with Crippen LogP contribution in [-0.4, -0.2) is 15.0 Å². The number of hydrogen-bond donors (Lipinski definition) is 0. The van der Waals surface area contributed by atoms with Crippen LogP contribution in [0.2, 0.25) is 0 Å². The van der Waals surface area contributed by atoms with Crippen molar-refractivity contribution in [2.75, 3.05) is 0 Å². The number of fused-ring (bicyclic) bond motifs is 1. The minimum absolute atomic E-state index is 0.370. The van der Waals surface area contributed by atoms with Gasteiger partial charge < -0.3 is 4.42 Å². The lowest BCUT2D eigenvalue weighted by Crippen LogP contribution is -2.13. The third-order valence-electron chi connectivity index (χ3n) is 5.40. The van der Waals surface area contributed by atoms with Crippen molar-refractivity contribution in [2.24, 2.45) is 5.92 Å². The highest BCUT2D eigenvalue weighted by Gasteiger charge is 2.21. The van der Waals surface area contributed by atoms with E-state index in [0.29, 0.717) is 23.1 Å². The van der Waals surface area contributed by atoms with Crippen molar-refractivity contribution in [1.29, 1.82) is 5.26 Å². The molecule has 1 aliphatic rings. The molecule has 0 spiro atoms. The molecular formula is C23H18N4O. The molecule has 4 aromatic rings. The number of hydrogen-bond acceptors (Lipinski definition) is 5. The lowest BCUT2D eigenvalue weighted by Gasteiger charge is -2.23. The smallest absolute Gasteiger partial charge is 0.195 e. The van der Waals surface area contributed by atoms with Crippen molar-refractivity contribution in [3.63, 3.8) is 0 Å². The maximum atomic E-state index is 9.32. The van der Waals surface area contributed by atoms with Crippen molar-refractivity contribution in [3.8, 4) is 28.7 Å². The van der Waals surface area contributed by atoms with E-state index in [9.17, 15) is 5.26 Å². The number of oxazole rings is 1. The Labute approximate surface area is 162 Å². The van der Waals surface area contributed by atoms with E-state index in [0.717, 1.165) is 34.3 Å². The quantitative estimate of drug-likeness (QED) is 0.498. The fourth-order valence-electron chi connectivity index (χ4n) is 3.63. The Morgan fingerprint density at radius 1 is 1.11 bits per heavy atom. The van der Waals surface area contributed by atoms with Crippen LogP contribution in [0.15, 0.2) is 59.3 Å². The Morgan fingerprint density at radius 2 is 2.04 bits per heavy atom. The van der Waals surface area contributed by atoms with E-state index >= 15 is 0 Å². The topological polar surface area (TPSA) is 75.6 Å². The molecule has 5 heteroatoms. The van der Waals surface area contributed by atoms with E-state index < -0.39 is 0 Å². The molecule has 0 atom stereocenters. The van der Waals surface area contributed by atoms with E-state index in [-0.39, 0.29) is 0 Å². The number of nitriles is 1. The zero-order valence-electron chi connectivity index (χ0n) is 15.3. The molecule has 0 unspecified atom stereocenters. The highest BCUT2D eigenvalue weighted by atomic mass is 16.4. The normalized spacial score (nSPS) is 14.0. The number of rotatable bonds is 4. The molecule has 0 saturated heterocycles. The molecule has 1 saturated carbocycles. The molecular weight excluding hydrogens is 348 g/mol. The van der Waals surface area contributed by atoms with Crippen LogP contribution in [0.3, 0.4) is 0 Å². The predicted octanol–water partition coefficient (Wildman–Crippen LogP) is 5.17. The second-order valence-electron chi connectivity index (χ2n) is 7.23. The summed E-state index contributed by atoms with van der Waals surface area (Å²) in [6.07, 6.45) is 8.24. The molecule has 0 amide bonds. The summed E-state index contributed by atoms with van der Waals surface area (Å²) in [5.41, 5.74) is 3.70. The summed E-state index contributed by atoms with van der Waals surface area (Å²) in [5, 5.41) is 10.4. The first-order chi connectivity index (χ1) is 13.8. The monoisotopic (exact) mass is 366 g/mol. The molecule has 0 radical (unpaired) electrons. The van der Waals surface area contributed by atoms with Crippen molar-refractivity contribution >= 4 is 10.9 Å². The minimum atomic E-state index is 0.370. The summed E-state index contributed by atoms with van der Waals surface area (Å²) in [5.74, 6) is 2.15. The minimum Gasteiger partial charge on any atom is -0.441 e. The second kappa shape index (κ2) is 6.90. The summed E-state index contributed by atoms with van der Waals surface area (Å²) in [6, 6.07) is 15.7. The highest BCUT2D eigenvalue weighted by molar-refractivity contribution is 5.87. The standard InChI is InChI=1S/C23H18N4O/c24-13-18-8-9-19(21-14-26-22(28-21)11-15-3-1-4-15)23(27-18)17-7-6-16-5-2-10-25-20(16)12-17/h2,5-10,12,14-15H,1,3-4,11H2. The first kappa shape index (κ1) is 16.6. The second-order valence-corrected chi connectivity index (χ2v) is 7.23. The van der Waals surface area contributed by atoms with E-state index in [2.05, 4.69) is 21.0 Å². The lowest BCUT2D eigenvalue weighted by molar-refractivity contribution is 0.291. The summed E-state index contributed by atoms with van der Waals surface area (Å²) < 4.78 is 6.05. The number of nitrogens with zero attached hydrogens (tertiary/aromatic N) is 4. The first-order valence-corrected chi connectivity index (χ1v) is 9.51. The largest absolute Gasteiger partial charge is 0.441 e. The molecule has 28 heavy (non-hydrogen) atoms. The van der Waals surface area contributed by atoms with Gasteiger partial charge in [-0.25, -0.2) is 9.97 Å². The molecule has 1 aliphatic carbocycles. The van der Waals surface area contributed by atoms with Crippen LogP contribution in [0.25, 0.3) is 33.5 Å². The van der Waals surface area contributed by atoms with Gasteiger partial charge in [-0.3, -0.25) is 4.98 Å².